The molecule has 1 saturated carbocycles. The Morgan fingerprint density at radius 3 is 2.33 bits per heavy atom. The Balaban J connectivity index is 1.46. The predicted molar refractivity (Wildman–Crippen MR) is 132 cm³/mol. The molecule has 4 nitrogen and oxygen atoms in total. The topological polar surface area (TPSA) is 52.0 Å². The van der Waals surface area contributed by atoms with Crippen molar-refractivity contribution in [3.05, 3.63) is 77.2 Å². The van der Waals surface area contributed by atoms with Crippen molar-refractivity contribution in [1.82, 2.24) is 9.55 Å². The van der Waals surface area contributed by atoms with Crippen molar-refractivity contribution >= 4 is 23.7 Å². The number of hydrogen-bond acceptors (Lipinski definition) is 3. The van der Waals surface area contributed by atoms with Gasteiger partial charge in [0.2, 0.25) is 5.78 Å². The Kier molecular flexibility index (Phi) is 6.34. The SMILES string of the molecule is O=C1C(=O)c2nc(/C=C/c3ccccc3)n(CCCCC3CCCCC3)c2-c2ccccc21. The van der Waals surface area contributed by atoms with Gasteiger partial charge < -0.3 is 4.57 Å². The summed E-state index contributed by atoms with van der Waals surface area (Å²) in [5, 5.41) is 0. The van der Waals surface area contributed by atoms with E-state index < -0.39 is 11.6 Å². The molecule has 0 saturated heterocycles. The van der Waals surface area contributed by atoms with Crippen LogP contribution < -0.4 is 0 Å². The van der Waals surface area contributed by atoms with Crippen LogP contribution in [0.4, 0.5) is 0 Å². The van der Waals surface area contributed by atoms with Gasteiger partial charge in [-0.25, -0.2) is 4.98 Å². The van der Waals surface area contributed by atoms with Crippen LogP contribution in [0.25, 0.3) is 23.4 Å². The van der Waals surface area contributed by atoms with Gasteiger partial charge in [-0.05, 0) is 24.0 Å². The highest BCUT2D eigenvalue weighted by molar-refractivity contribution is 6.52. The molecule has 0 amide bonds. The minimum atomic E-state index is -0.501. The van der Waals surface area contributed by atoms with Gasteiger partial charge >= 0.3 is 0 Å². The minimum absolute atomic E-state index is 0.290. The summed E-state index contributed by atoms with van der Waals surface area (Å²) in [6.07, 6.45) is 14.4. The summed E-state index contributed by atoms with van der Waals surface area (Å²) in [6, 6.07) is 17.5. The van der Waals surface area contributed by atoms with Crippen molar-refractivity contribution in [2.24, 2.45) is 5.92 Å². The molecule has 5 rings (SSSR count). The number of fused-ring (bicyclic) bond motifs is 3. The van der Waals surface area contributed by atoms with E-state index in [2.05, 4.69) is 9.55 Å². The molecule has 0 radical (unpaired) electrons. The Hall–Kier alpha value is -3.27. The van der Waals surface area contributed by atoms with Gasteiger partial charge in [-0.15, -0.1) is 0 Å². The monoisotopic (exact) mass is 438 g/mol. The van der Waals surface area contributed by atoms with Gasteiger partial charge in [0.1, 0.15) is 11.5 Å². The maximum absolute atomic E-state index is 12.9. The second kappa shape index (κ2) is 9.70. The van der Waals surface area contributed by atoms with Crippen LogP contribution in [0.15, 0.2) is 54.6 Å². The van der Waals surface area contributed by atoms with Crippen molar-refractivity contribution in [3.8, 4) is 11.3 Å². The van der Waals surface area contributed by atoms with E-state index in [1.165, 1.54) is 44.9 Å². The average molecular weight is 439 g/mol. The molecule has 2 aromatic carbocycles. The molecule has 0 aliphatic heterocycles. The van der Waals surface area contributed by atoms with Gasteiger partial charge in [0.05, 0.1) is 5.69 Å². The normalized spacial score (nSPS) is 16.2. The predicted octanol–water partition coefficient (Wildman–Crippen LogP) is 6.85. The first-order valence-electron chi connectivity index (χ1n) is 12.2. The first-order chi connectivity index (χ1) is 16.2. The number of carbonyl (C=O) groups excluding carboxylic acids is 2. The number of unbranched alkanes of at least 4 members (excludes halogenated alkanes) is 1. The van der Waals surface area contributed by atoms with Crippen molar-refractivity contribution in [3.63, 3.8) is 0 Å². The molecule has 4 heteroatoms. The van der Waals surface area contributed by atoms with E-state index in [9.17, 15) is 9.59 Å². The molecular formula is C29H30N2O2. The number of ketones is 2. The number of Topliss-reactive ketones (excluding diaryl/α,β-unsaturated/α-hetero) is 2. The first-order valence-corrected chi connectivity index (χ1v) is 12.2. The molecule has 0 N–H and O–H groups in total. The third-order valence-corrected chi connectivity index (χ3v) is 7.04. The van der Waals surface area contributed by atoms with E-state index in [1.54, 1.807) is 6.07 Å². The molecule has 2 aliphatic carbocycles. The zero-order chi connectivity index (χ0) is 22.6. The number of imidazole rings is 1. The first kappa shape index (κ1) is 21.6. The number of nitrogens with zero attached hydrogens (tertiary/aromatic N) is 2. The smallest absolute Gasteiger partial charge is 0.254 e. The van der Waals surface area contributed by atoms with Crippen LogP contribution in [0.5, 0.6) is 0 Å². The summed E-state index contributed by atoms with van der Waals surface area (Å²) in [7, 11) is 0. The highest BCUT2D eigenvalue weighted by Crippen LogP contribution is 2.35. The second-order valence-electron chi connectivity index (χ2n) is 9.27. The minimum Gasteiger partial charge on any atom is -0.324 e. The van der Waals surface area contributed by atoms with Crippen LogP contribution in [0.3, 0.4) is 0 Å². The summed E-state index contributed by atoms with van der Waals surface area (Å²) in [5.41, 5.74) is 3.46. The molecule has 0 spiro atoms. The van der Waals surface area contributed by atoms with Gasteiger partial charge in [-0.2, -0.15) is 0 Å². The summed E-state index contributed by atoms with van der Waals surface area (Å²) in [5.74, 6) is 0.643. The van der Waals surface area contributed by atoms with Crippen LogP contribution in [-0.2, 0) is 6.54 Å². The third kappa shape index (κ3) is 4.47. The Labute approximate surface area is 195 Å². The fourth-order valence-corrected chi connectivity index (χ4v) is 5.29. The molecule has 1 heterocycles. The quantitative estimate of drug-likeness (QED) is 0.299. The molecule has 33 heavy (non-hydrogen) atoms. The van der Waals surface area contributed by atoms with E-state index in [4.69, 9.17) is 0 Å². The maximum Gasteiger partial charge on any atom is 0.254 e. The fourth-order valence-electron chi connectivity index (χ4n) is 5.29. The number of rotatable bonds is 7. The van der Waals surface area contributed by atoms with E-state index >= 15 is 0 Å². The van der Waals surface area contributed by atoms with Crippen LogP contribution in [0, 0.1) is 5.92 Å². The van der Waals surface area contributed by atoms with E-state index in [0.717, 1.165) is 41.5 Å². The standard InChI is InChI=1S/C29H30N2O2/c32-28-24-17-8-7-16-23(24)27-26(29(28)33)30-25(19-18-22-13-5-2-6-14-22)31(27)20-10-9-15-21-11-3-1-4-12-21/h2,5-8,13-14,16-19,21H,1,3-4,9-12,15,20H2/b19-18+. The molecule has 168 valence electrons. The molecule has 0 atom stereocenters. The van der Waals surface area contributed by atoms with Crippen LogP contribution in [-0.4, -0.2) is 21.1 Å². The Morgan fingerprint density at radius 1 is 0.818 bits per heavy atom. The Morgan fingerprint density at radius 2 is 1.55 bits per heavy atom. The van der Waals surface area contributed by atoms with Gasteiger partial charge in [-0.1, -0.05) is 106 Å². The lowest BCUT2D eigenvalue weighted by atomic mass is 9.86. The Bertz CT molecular complexity index is 1180. The zero-order valence-electron chi connectivity index (χ0n) is 19.0. The lowest BCUT2D eigenvalue weighted by Crippen LogP contribution is -2.22. The summed E-state index contributed by atoms with van der Waals surface area (Å²) in [4.78, 5) is 30.3. The van der Waals surface area contributed by atoms with Crippen LogP contribution >= 0.6 is 0 Å². The molecule has 0 unspecified atom stereocenters. The number of hydrogen-bond donors (Lipinski definition) is 0. The summed E-state index contributed by atoms with van der Waals surface area (Å²) < 4.78 is 2.15. The molecule has 0 bridgehead atoms. The van der Waals surface area contributed by atoms with Crippen molar-refractivity contribution in [2.45, 2.75) is 57.9 Å². The maximum atomic E-state index is 12.9. The molecule has 3 aromatic rings. The van der Waals surface area contributed by atoms with E-state index in [0.29, 0.717) is 11.3 Å². The van der Waals surface area contributed by atoms with Gasteiger partial charge in [0.15, 0.2) is 0 Å². The largest absolute Gasteiger partial charge is 0.324 e. The molecule has 2 aliphatic rings. The van der Waals surface area contributed by atoms with Gasteiger partial charge in [-0.3, -0.25) is 9.59 Å². The number of benzene rings is 2. The zero-order valence-corrected chi connectivity index (χ0v) is 19.0. The summed E-state index contributed by atoms with van der Waals surface area (Å²) >= 11 is 0. The van der Waals surface area contributed by atoms with Gasteiger partial charge in [0.25, 0.3) is 5.78 Å². The molecule has 1 fully saturated rings. The third-order valence-electron chi connectivity index (χ3n) is 7.04. The molecule has 1 aromatic heterocycles. The lowest BCUT2D eigenvalue weighted by Gasteiger charge is -2.21. The van der Waals surface area contributed by atoms with Crippen molar-refractivity contribution in [2.75, 3.05) is 0 Å². The molecular weight excluding hydrogens is 408 g/mol. The average Bonchev–Trinajstić information content (AvgIpc) is 3.24. The second-order valence-corrected chi connectivity index (χ2v) is 9.27. The number of aromatic nitrogens is 2. The van der Waals surface area contributed by atoms with E-state index in [-0.39, 0.29) is 0 Å². The van der Waals surface area contributed by atoms with Crippen LogP contribution in [0.2, 0.25) is 0 Å². The number of carbonyl (C=O) groups is 2. The highest BCUT2D eigenvalue weighted by Gasteiger charge is 2.35. The summed E-state index contributed by atoms with van der Waals surface area (Å²) in [6.45, 7) is 0.791. The fraction of sp³-hybridized carbons (Fsp3) is 0.345. The van der Waals surface area contributed by atoms with Crippen molar-refractivity contribution in [1.29, 1.82) is 0 Å². The van der Waals surface area contributed by atoms with Gasteiger partial charge in [0, 0.05) is 17.7 Å². The lowest BCUT2D eigenvalue weighted by molar-refractivity contribution is 0.0812. The van der Waals surface area contributed by atoms with Crippen molar-refractivity contribution < 1.29 is 9.59 Å². The van der Waals surface area contributed by atoms with Crippen LogP contribution in [0.1, 0.15) is 83.6 Å². The van der Waals surface area contributed by atoms with E-state index in [1.807, 2.05) is 60.7 Å². The highest BCUT2D eigenvalue weighted by atomic mass is 16.2.